The highest BCUT2D eigenvalue weighted by Gasteiger charge is 2.18. The number of amides is 1. The third-order valence-corrected chi connectivity index (χ3v) is 3.96. The van der Waals surface area contributed by atoms with Crippen LogP contribution in [0.25, 0.3) is 5.69 Å². The molecule has 148 valence electrons. The average Bonchev–Trinajstić information content (AvgIpc) is 2.74. The first-order valence-electron chi connectivity index (χ1n) is 8.37. The average molecular weight is 397 g/mol. The van der Waals surface area contributed by atoms with E-state index in [0.717, 1.165) is 6.07 Å². The Morgan fingerprint density at radius 1 is 1.03 bits per heavy atom. The summed E-state index contributed by atoms with van der Waals surface area (Å²) >= 11 is 0. The molecular formula is C20H16FN3O5. The molecule has 0 spiro atoms. The highest BCUT2D eigenvalue weighted by molar-refractivity contribution is 6.03. The van der Waals surface area contributed by atoms with Crippen molar-refractivity contribution in [1.82, 2.24) is 9.78 Å². The first kappa shape index (κ1) is 19.7. The molecule has 1 heterocycles. The molecule has 0 atom stereocenters. The van der Waals surface area contributed by atoms with Gasteiger partial charge >= 0.3 is 5.97 Å². The van der Waals surface area contributed by atoms with Crippen molar-refractivity contribution in [3.63, 3.8) is 0 Å². The highest BCUT2D eigenvalue weighted by atomic mass is 19.1. The number of halogens is 1. The van der Waals surface area contributed by atoms with Gasteiger partial charge in [-0.1, -0.05) is 0 Å². The second-order valence-electron chi connectivity index (χ2n) is 5.81. The Labute approximate surface area is 164 Å². The Balaban J connectivity index is 1.92. The van der Waals surface area contributed by atoms with E-state index in [-0.39, 0.29) is 11.6 Å². The van der Waals surface area contributed by atoms with Crippen molar-refractivity contribution in [2.45, 2.75) is 0 Å². The van der Waals surface area contributed by atoms with E-state index >= 15 is 0 Å². The number of hydrogen-bond acceptors (Lipinski definition) is 6. The summed E-state index contributed by atoms with van der Waals surface area (Å²) in [5, 5.41) is 6.61. The highest BCUT2D eigenvalue weighted by Crippen LogP contribution is 2.16. The summed E-state index contributed by atoms with van der Waals surface area (Å²) in [6.45, 7) is 0. The number of ether oxygens (including phenoxy) is 2. The summed E-state index contributed by atoms with van der Waals surface area (Å²) < 4.78 is 24.2. The number of esters is 1. The van der Waals surface area contributed by atoms with Crippen molar-refractivity contribution in [1.29, 1.82) is 0 Å². The van der Waals surface area contributed by atoms with Gasteiger partial charge in [0.15, 0.2) is 5.69 Å². The molecule has 0 aliphatic rings. The van der Waals surface area contributed by atoms with Gasteiger partial charge in [-0.3, -0.25) is 9.59 Å². The SMILES string of the molecule is COC(=O)c1ccc(NC(=O)c2nn(-c3ccc(F)cc3)c(OC)cc2=O)cc1. The van der Waals surface area contributed by atoms with Crippen LogP contribution < -0.4 is 15.5 Å². The Bertz CT molecular complexity index is 1110. The van der Waals surface area contributed by atoms with Crippen LogP contribution in [0.15, 0.2) is 59.4 Å². The molecular weight excluding hydrogens is 381 g/mol. The van der Waals surface area contributed by atoms with E-state index in [0.29, 0.717) is 16.9 Å². The summed E-state index contributed by atoms with van der Waals surface area (Å²) in [5.41, 5.74) is 0.0375. The van der Waals surface area contributed by atoms with Crippen LogP contribution in [-0.2, 0) is 4.74 Å². The minimum atomic E-state index is -0.751. The molecule has 3 rings (SSSR count). The molecule has 0 aliphatic heterocycles. The summed E-state index contributed by atoms with van der Waals surface area (Å²) in [4.78, 5) is 36.3. The first-order chi connectivity index (χ1) is 13.9. The number of carbonyl (C=O) groups is 2. The number of nitrogens with one attached hydrogen (secondary N) is 1. The van der Waals surface area contributed by atoms with E-state index in [2.05, 4.69) is 15.2 Å². The number of rotatable bonds is 5. The third-order valence-electron chi connectivity index (χ3n) is 3.96. The maximum absolute atomic E-state index is 13.2. The van der Waals surface area contributed by atoms with Crippen molar-refractivity contribution in [3.05, 3.63) is 81.9 Å². The lowest BCUT2D eigenvalue weighted by atomic mass is 10.2. The third kappa shape index (κ3) is 4.29. The zero-order valence-corrected chi connectivity index (χ0v) is 15.5. The molecule has 8 nitrogen and oxygen atoms in total. The Morgan fingerprint density at radius 3 is 2.28 bits per heavy atom. The zero-order valence-electron chi connectivity index (χ0n) is 15.5. The van der Waals surface area contributed by atoms with Gasteiger partial charge in [0.05, 0.1) is 31.5 Å². The second kappa shape index (κ2) is 8.34. The summed E-state index contributed by atoms with van der Waals surface area (Å²) in [5.74, 6) is -1.62. The lowest BCUT2D eigenvalue weighted by Gasteiger charge is -2.12. The van der Waals surface area contributed by atoms with Gasteiger partial charge in [-0.05, 0) is 48.5 Å². The van der Waals surface area contributed by atoms with Gasteiger partial charge in [0.2, 0.25) is 11.3 Å². The van der Waals surface area contributed by atoms with Crippen LogP contribution >= 0.6 is 0 Å². The number of benzene rings is 2. The number of methoxy groups -OCH3 is 2. The smallest absolute Gasteiger partial charge is 0.337 e. The minimum Gasteiger partial charge on any atom is -0.481 e. The van der Waals surface area contributed by atoms with Gasteiger partial charge in [-0.2, -0.15) is 5.10 Å². The van der Waals surface area contributed by atoms with Crippen molar-refractivity contribution < 1.29 is 23.5 Å². The van der Waals surface area contributed by atoms with E-state index in [1.165, 1.54) is 67.4 Å². The van der Waals surface area contributed by atoms with Crippen LogP contribution in [0, 0.1) is 5.82 Å². The lowest BCUT2D eigenvalue weighted by Crippen LogP contribution is -2.26. The van der Waals surface area contributed by atoms with Gasteiger partial charge < -0.3 is 14.8 Å². The summed E-state index contributed by atoms with van der Waals surface area (Å²) in [6.07, 6.45) is 0. The van der Waals surface area contributed by atoms with Crippen LogP contribution in [0.1, 0.15) is 20.8 Å². The minimum absolute atomic E-state index is 0.0839. The predicted octanol–water partition coefficient (Wildman–Crippen LogP) is 2.42. The van der Waals surface area contributed by atoms with Crippen molar-refractivity contribution in [2.24, 2.45) is 0 Å². The molecule has 0 unspecified atom stereocenters. The van der Waals surface area contributed by atoms with Crippen molar-refractivity contribution in [2.75, 3.05) is 19.5 Å². The Hall–Kier alpha value is -4.01. The van der Waals surface area contributed by atoms with Crippen molar-refractivity contribution >= 4 is 17.6 Å². The fourth-order valence-electron chi connectivity index (χ4n) is 2.51. The fourth-order valence-corrected chi connectivity index (χ4v) is 2.51. The molecule has 3 aromatic rings. The van der Waals surface area contributed by atoms with Gasteiger partial charge in [0, 0.05) is 5.69 Å². The van der Waals surface area contributed by atoms with Gasteiger partial charge in [-0.15, -0.1) is 0 Å². The molecule has 1 aromatic heterocycles. The molecule has 1 N–H and O–H groups in total. The van der Waals surface area contributed by atoms with Crippen LogP contribution in [0.4, 0.5) is 10.1 Å². The van der Waals surface area contributed by atoms with Gasteiger partial charge in [-0.25, -0.2) is 13.9 Å². The topological polar surface area (TPSA) is 99.5 Å². The molecule has 0 radical (unpaired) electrons. The van der Waals surface area contributed by atoms with Crippen LogP contribution in [0.2, 0.25) is 0 Å². The zero-order chi connectivity index (χ0) is 21.0. The number of anilines is 1. The van der Waals surface area contributed by atoms with Crippen molar-refractivity contribution in [3.8, 4) is 11.6 Å². The number of aromatic nitrogens is 2. The van der Waals surface area contributed by atoms with E-state index < -0.39 is 23.1 Å². The largest absolute Gasteiger partial charge is 0.481 e. The molecule has 2 aromatic carbocycles. The monoisotopic (exact) mass is 397 g/mol. The molecule has 0 aliphatic carbocycles. The number of hydrogen-bond donors (Lipinski definition) is 1. The molecule has 0 saturated heterocycles. The van der Waals surface area contributed by atoms with Crippen LogP contribution in [-0.4, -0.2) is 35.9 Å². The van der Waals surface area contributed by atoms with Gasteiger partial charge in [0.1, 0.15) is 5.82 Å². The molecule has 0 saturated carbocycles. The maximum Gasteiger partial charge on any atom is 0.337 e. The molecule has 9 heteroatoms. The fraction of sp³-hybridized carbons (Fsp3) is 0.100. The number of nitrogens with zero attached hydrogens (tertiary/aromatic N) is 2. The molecule has 29 heavy (non-hydrogen) atoms. The number of carbonyl (C=O) groups excluding carboxylic acids is 2. The van der Waals surface area contributed by atoms with E-state index in [9.17, 15) is 18.8 Å². The Morgan fingerprint density at radius 2 is 1.69 bits per heavy atom. The Kier molecular flexibility index (Phi) is 5.68. The predicted molar refractivity (Wildman–Crippen MR) is 102 cm³/mol. The quantitative estimate of drug-likeness (QED) is 0.664. The van der Waals surface area contributed by atoms with E-state index in [1.807, 2.05) is 0 Å². The van der Waals surface area contributed by atoms with Crippen LogP contribution in [0.3, 0.4) is 0 Å². The molecule has 1 amide bonds. The standard InChI is InChI=1S/C20H16FN3O5/c1-28-17-11-16(25)18(23-24(17)15-9-5-13(21)6-10-15)19(26)22-14-7-3-12(4-8-14)20(27)29-2/h3-11H,1-2H3,(H,22,26). The molecule has 0 bridgehead atoms. The van der Waals surface area contributed by atoms with Gasteiger partial charge in [0.25, 0.3) is 5.91 Å². The summed E-state index contributed by atoms with van der Waals surface area (Å²) in [7, 11) is 2.61. The second-order valence-corrected chi connectivity index (χ2v) is 5.81. The van der Waals surface area contributed by atoms with Crippen LogP contribution in [0.5, 0.6) is 5.88 Å². The van der Waals surface area contributed by atoms with E-state index in [1.54, 1.807) is 0 Å². The normalized spacial score (nSPS) is 10.3. The van der Waals surface area contributed by atoms with E-state index in [4.69, 9.17) is 4.74 Å². The first-order valence-corrected chi connectivity index (χ1v) is 8.37. The maximum atomic E-state index is 13.2. The summed E-state index contributed by atoms with van der Waals surface area (Å²) in [6, 6.07) is 12.4. The lowest BCUT2D eigenvalue weighted by molar-refractivity contribution is 0.0600. The molecule has 0 fully saturated rings.